The first-order valence-corrected chi connectivity index (χ1v) is 7.45. The number of hydrogen-bond donors (Lipinski definition) is 0. The predicted octanol–water partition coefficient (Wildman–Crippen LogP) is 4.13. The summed E-state index contributed by atoms with van der Waals surface area (Å²) < 4.78 is 23.5. The van der Waals surface area contributed by atoms with Crippen molar-refractivity contribution >= 4 is 12.0 Å². The van der Waals surface area contributed by atoms with E-state index in [9.17, 15) is 14.4 Å². The number of benzene rings is 2. The smallest absolute Gasteiger partial charge is 0.354 e. The van der Waals surface area contributed by atoms with Crippen molar-refractivity contribution in [1.82, 2.24) is 0 Å². The van der Waals surface area contributed by atoms with Gasteiger partial charge in [-0.05, 0) is 42.8 Å². The molecule has 5 heteroatoms. The van der Waals surface area contributed by atoms with E-state index in [0.29, 0.717) is 17.9 Å². The van der Waals surface area contributed by atoms with Crippen molar-refractivity contribution in [2.45, 2.75) is 13.3 Å². The van der Waals surface area contributed by atoms with Crippen LogP contribution in [-0.4, -0.2) is 12.6 Å². The van der Waals surface area contributed by atoms with Crippen LogP contribution in [0.4, 0.5) is 4.39 Å². The Morgan fingerprint density at radius 3 is 2.58 bits per heavy atom. The lowest BCUT2D eigenvalue weighted by atomic mass is 10.1. The van der Waals surface area contributed by atoms with Crippen LogP contribution in [0.15, 0.2) is 54.1 Å². The molecule has 0 amide bonds. The first kappa shape index (κ1) is 17.2. The summed E-state index contributed by atoms with van der Waals surface area (Å²) in [4.78, 5) is 12.1. The van der Waals surface area contributed by atoms with Crippen LogP contribution in [0.5, 0.6) is 11.5 Å². The molecule has 0 saturated heterocycles. The van der Waals surface area contributed by atoms with E-state index < -0.39 is 11.8 Å². The van der Waals surface area contributed by atoms with Crippen LogP contribution in [0.2, 0.25) is 0 Å². The summed E-state index contributed by atoms with van der Waals surface area (Å²) in [5.74, 6) is -0.498. The second-order valence-corrected chi connectivity index (χ2v) is 4.90. The van der Waals surface area contributed by atoms with Crippen molar-refractivity contribution in [1.29, 1.82) is 5.26 Å². The van der Waals surface area contributed by atoms with E-state index >= 15 is 0 Å². The molecule has 0 aliphatic carbocycles. The normalized spacial score (nSPS) is 10.8. The van der Waals surface area contributed by atoms with E-state index in [2.05, 4.69) is 0 Å². The van der Waals surface area contributed by atoms with Gasteiger partial charge in [-0.1, -0.05) is 25.1 Å². The number of carbonyl (C=O) groups excluding carboxylic acids is 1. The van der Waals surface area contributed by atoms with Crippen molar-refractivity contribution < 1.29 is 18.7 Å². The van der Waals surface area contributed by atoms with Crippen LogP contribution in [-0.2, 0) is 4.79 Å². The Hall–Kier alpha value is -3.13. The van der Waals surface area contributed by atoms with Gasteiger partial charge in [0.2, 0.25) is 0 Å². The predicted molar refractivity (Wildman–Crippen MR) is 87.9 cm³/mol. The molecule has 4 nitrogen and oxygen atoms in total. The van der Waals surface area contributed by atoms with Crippen LogP contribution < -0.4 is 9.47 Å². The fraction of sp³-hybridized carbons (Fsp3) is 0.158. The zero-order valence-electron chi connectivity index (χ0n) is 13.2. The number of esters is 1. The van der Waals surface area contributed by atoms with Gasteiger partial charge in [0.25, 0.3) is 0 Å². The molecule has 0 aliphatic heterocycles. The van der Waals surface area contributed by atoms with Gasteiger partial charge in [0.05, 0.1) is 6.61 Å². The van der Waals surface area contributed by atoms with Crippen LogP contribution in [0.1, 0.15) is 18.9 Å². The molecule has 0 bridgehead atoms. The number of para-hydroxylation sites is 1. The second-order valence-electron chi connectivity index (χ2n) is 4.90. The zero-order valence-corrected chi connectivity index (χ0v) is 13.2. The molecule has 0 aromatic heterocycles. The summed E-state index contributed by atoms with van der Waals surface area (Å²) in [6.07, 6.45) is 2.26. The molecule has 0 N–H and O–H groups in total. The first-order chi connectivity index (χ1) is 11.6. The molecule has 24 heavy (non-hydrogen) atoms. The maximum absolute atomic E-state index is 12.9. The lowest BCUT2D eigenvalue weighted by Gasteiger charge is -2.08. The molecule has 2 aromatic carbocycles. The van der Waals surface area contributed by atoms with E-state index in [1.807, 2.05) is 19.1 Å². The molecule has 0 spiro atoms. The average Bonchev–Trinajstić information content (AvgIpc) is 2.60. The van der Waals surface area contributed by atoms with Crippen LogP contribution in [0, 0.1) is 17.1 Å². The molecule has 0 aliphatic rings. The van der Waals surface area contributed by atoms with Gasteiger partial charge >= 0.3 is 5.97 Å². The molecule has 0 heterocycles. The molecule has 0 unspecified atom stereocenters. The van der Waals surface area contributed by atoms with Gasteiger partial charge in [0.1, 0.15) is 29.0 Å². The number of nitrogens with zero attached hydrogens (tertiary/aromatic N) is 1. The maximum Gasteiger partial charge on any atom is 0.354 e. The van der Waals surface area contributed by atoms with Crippen molar-refractivity contribution in [3.05, 3.63) is 65.5 Å². The van der Waals surface area contributed by atoms with Crippen molar-refractivity contribution in [3.8, 4) is 17.6 Å². The molecule has 0 radical (unpaired) electrons. The van der Waals surface area contributed by atoms with Gasteiger partial charge in [0.15, 0.2) is 0 Å². The third-order valence-corrected chi connectivity index (χ3v) is 3.05. The topological polar surface area (TPSA) is 59.3 Å². The number of ether oxygens (including phenoxy) is 2. The van der Waals surface area contributed by atoms with Crippen LogP contribution in [0.3, 0.4) is 0 Å². The molecule has 0 fully saturated rings. The first-order valence-electron chi connectivity index (χ1n) is 7.45. The van der Waals surface area contributed by atoms with E-state index in [-0.39, 0.29) is 11.3 Å². The SMILES string of the molecule is CCCOc1ccccc1/C=C(\C#N)C(=O)Oc1ccc(F)cc1. The summed E-state index contributed by atoms with van der Waals surface area (Å²) in [7, 11) is 0. The van der Waals surface area contributed by atoms with E-state index in [1.165, 1.54) is 30.3 Å². The van der Waals surface area contributed by atoms with Crippen molar-refractivity contribution in [2.75, 3.05) is 6.61 Å². The molecular formula is C19H16FNO3. The minimum atomic E-state index is -0.811. The van der Waals surface area contributed by atoms with Crippen molar-refractivity contribution in [2.24, 2.45) is 0 Å². The average molecular weight is 325 g/mol. The second kappa shape index (κ2) is 8.49. The number of carbonyl (C=O) groups is 1. The lowest BCUT2D eigenvalue weighted by molar-refractivity contribution is -0.129. The van der Waals surface area contributed by atoms with E-state index in [4.69, 9.17) is 9.47 Å². The van der Waals surface area contributed by atoms with Gasteiger partial charge in [0, 0.05) is 5.56 Å². The van der Waals surface area contributed by atoms with Crippen LogP contribution >= 0.6 is 0 Å². The lowest BCUT2D eigenvalue weighted by Crippen LogP contribution is -2.10. The van der Waals surface area contributed by atoms with Crippen LogP contribution in [0.25, 0.3) is 6.08 Å². The van der Waals surface area contributed by atoms with E-state index in [0.717, 1.165) is 6.42 Å². The zero-order chi connectivity index (χ0) is 17.4. The summed E-state index contributed by atoms with van der Waals surface area (Å²) in [6, 6.07) is 13.9. The summed E-state index contributed by atoms with van der Waals surface area (Å²) in [5.41, 5.74) is 0.436. The Balaban J connectivity index is 2.21. The molecule has 0 atom stereocenters. The minimum absolute atomic E-state index is 0.165. The van der Waals surface area contributed by atoms with Gasteiger partial charge < -0.3 is 9.47 Å². The summed E-state index contributed by atoms with van der Waals surface area (Å²) in [5, 5.41) is 9.23. The highest BCUT2D eigenvalue weighted by Gasteiger charge is 2.13. The summed E-state index contributed by atoms with van der Waals surface area (Å²) in [6.45, 7) is 2.52. The van der Waals surface area contributed by atoms with Gasteiger partial charge in [-0.25, -0.2) is 9.18 Å². The quantitative estimate of drug-likeness (QED) is 0.347. The fourth-order valence-electron chi connectivity index (χ4n) is 1.90. The monoisotopic (exact) mass is 325 g/mol. The fourth-order valence-corrected chi connectivity index (χ4v) is 1.90. The molecule has 0 saturated carbocycles. The highest BCUT2D eigenvalue weighted by molar-refractivity contribution is 5.99. The molecule has 2 aromatic rings. The number of nitriles is 1. The third-order valence-electron chi connectivity index (χ3n) is 3.05. The van der Waals surface area contributed by atoms with Gasteiger partial charge in [-0.2, -0.15) is 5.26 Å². The molecule has 122 valence electrons. The Labute approximate surface area is 139 Å². The molecular weight excluding hydrogens is 309 g/mol. The number of rotatable bonds is 6. The Kier molecular flexibility index (Phi) is 6.09. The standard InChI is InChI=1S/C19H16FNO3/c1-2-11-23-18-6-4-3-5-14(18)12-15(13-21)19(22)24-17-9-7-16(20)8-10-17/h3-10,12H,2,11H2,1H3/b15-12+. The Morgan fingerprint density at radius 1 is 1.21 bits per heavy atom. The van der Waals surface area contributed by atoms with Gasteiger partial charge in [-0.3, -0.25) is 0 Å². The van der Waals surface area contributed by atoms with Crippen molar-refractivity contribution in [3.63, 3.8) is 0 Å². The highest BCUT2D eigenvalue weighted by atomic mass is 19.1. The Bertz CT molecular complexity index is 776. The number of halogens is 1. The Morgan fingerprint density at radius 2 is 1.92 bits per heavy atom. The molecule has 2 rings (SSSR count). The number of hydrogen-bond acceptors (Lipinski definition) is 4. The van der Waals surface area contributed by atoms with E-state index in [1.54, 1.807) is 18.2 Å². The summed E-state index contributed by atoms with van der Waals surface area (Å²) >= 11 is 0. The van der Waals surface area contributed by atoms with Gasteiger partial charge in [-0.15, -0.1) is 0 Å². The largest absolute Gasteiger partial charge is 0.493 e. The maximum atomic E-state index is 12.9. The third kappa shape index (κ3) is 4.68. The highest BCUT2D eigenvalue weighted by Crippen LogP contribution is 2.22. The minimum Gasteiger partial charge on any atom is -0.493 e.